The Morgan fingerprint density at radius 2 is 1.96 bits per heavy atom. The van der Waals surface area contributed by atoms with Crippen LogP contribution in [0.25, 0.3) is 10.9 Å². The van der Waals surface area contributed by atoms with Crippen molar-refractivity contribution in [3.63, 3.8) is 0 Å². The van der Waals surface area contributed by atoms with Crippen molar-refractivity contribution in [2.24, 2.45) is 0 Å². The van der Waals surface area contributed by atoms with Crippen LogP contribution in [0.2, 0.25) is 10.0 Å². The minimum absolute atomic E-state index is 0.239. The summed E-state index contributed by atoms with van der Waals surface area (Å²) in [5.41, 5.74) is 1.82. The number of aromatic nitrogens is 2. The summed E-state index contributed by atoms with van der Waals surface area (Å²) in [4.78, 5) is 9.28. The van der Waals surface area contributed by atoms with Gasteiger partial charge in [0.1, 0.15) is 5.82 Å². The monoisotopic (exact) mass is 402 g/mol. The lowest BCUT2D eigenvalue weighted by atomic mass is 10.2. The van der Waals surface area contributed by atoms with E-state index in [4.69, 9.17) is 27.9 Å². The minimum atomic E-state index is 0.239. The van der Waals surface area contributed by atoms with Crippen LogP contribution in [0.4, 0.5) is 11.8 Å². The van der Waals surface area contributed by atoms with E-state index in [1.807, 2.05) is 36.4 Å². The number of fused-ring (bicyclic) bond motifs is 1. The zero-order chi connectivity index (χ0) is 18.6. The number of halogens is 2. The molecule has 4 rings (SSSR count). The lowest BCUT2D eigenvalue weighted by Crippen LogP contribution is -2.19. The second kappa shape index (κ2) is 8.30. The van der Waals surface area contributed by atoms with Crippen molar-refractivity contribution in [2.45, 2.75) is 25.5 Å². The van der Waals surface area contributed by atoms with E-state index < -0.39 is 0 Å². The van der Waals surface area contributed by atoms with E-state index in [0.717, 1.165) is 48.3 Å². The molecule has 2 heterocycles. The van der Waals surface area contributed by atoms with Gasteiger partial charge < -0.3 is 15.4 Å². The Hall–Kier alpha value is -2.08. The molecule has 1 aliphatic heterocycles. The maximum atomic E-state index is 6.25. The summed E-state index contributed by atoms with van der Waals surface area (Å²) in [5, 5.41) is 8.91. The van der Waals surface area contributed by atoms with Gasteiger partial charge in [0.05, 0.1) is 11.6 Å². The first-order valence-corrected chi connectivity index (χ1v) is 9.75. The zero-order valence-corrected chi connectivity index (χ0v) is 16.2. The molecule has 2 aromatic carbocycles. The van der Waals surface area contributed by atoms with Crippen molar-refractivity contribution in [3.05, 3.63) is 58.1 Å². The smallest absolute Gasteiger partial charge is 0.225 e. The average Bonchev–Trinajstić information content (AvgIpc) is 3.19. The van der Waals surface area contributed by atoms with Gasteiger partial charge in [0.25, 0.3) is 0 Å². The molecular weight excluding hydrogens is 383 g/mol. The molecule has 27 heavy (non-hydrogen) atoms. The van der Waals surface area contributed by atoms with Gasteiger partial charge in [0.2, 0.25) is 5.95 Å². The molecule has 1 aliphatic rings. The Bertz CT molecular complexity index is 944. The predicted octanol–water partition coefficient (Wildman–Crippen LogP) is 5.14. The van der Waals surface area contributed by atoms with E-state index in [1.54, 1.807) is 6.07 Å². The van der Waals surface area contributed by atoms with Gasteiger partial charge in [-0.3, -0.25) is 0 Å². The molecular formula is C20H20Cl2N4O. The van der Waals surface area contributed by atoms with E-state index in [0.29, 0.717) is 22.5 Å². The van der Waals surface area contributed by atoms with Crippen LogP contribution in [0.3, 0.4) is 0 Å². The number of hydrogen-bond acceptors (Lipinski definition) is 5. The lowest BCUT2D eigenvalue weighted by molar-refractivity contribution is 0.120. The van der Waals surface area contributed by atoms with Gasteiger partial charge in [-0.05, 0) is 42.7 Å². The maximum absolute atomic E-state index is 6.25. The van der Waals surface area contributed by atoms with Crippen LogP contribution in [0.5, 0.6) is 0 Å². The molecule has 7 heteroatoms. The number of nitrogens with zero attached hydrogens (tertiary/aromatic N) is 2. The zero-order valence-electron chi connectivity index (χ0n) is 14.7. The number of rotatable bonds is 6. The number of ether oxygens (including phenoxy) is 1. The minimum Gasteiger partial charge on any atom is -0.376 e. The van der Waals surface area contributed by atoms with Crippen LogP contribution in [-0.4, -0.2) is 29.2 Å². The van der Waals surface area contributed by atoms with Crippen molar-refractivity contribution in [3.8, 4) is 0 Å². The highest BCUT2D eigenvalue weighted by Crippen LogP contribution is 2.25. The standard InChI is InChI=1S/C20H20Cl2N4O/c21-14-8-7-13(17(22)10-14)11-24-20-25-18-6-2-1-5-16(18)19(26-20)23-12-15-4-3-9-27-15/h1-2,5-8,10,15H,3-4,9,11-12H2,(H2,23,24,25,26). The summed E-state index contributed by atoms with van der Waals surface area (Å²) in [7, 11) is 0. The third-order valence-corrected chi connectivity index (χ3v) is 5.16. The van der Waals surface area contributed by atoms with E-state index in [9.17, 15) is 0 Å². The van der Waals surface area contributed by atoms with Crippen molar-refractivity contribution in [1.29, 1.82) is 0 Å². The molecule has 0 aliphatic carbocycles. The van der Waals surface area contributed by atoms with E-state index in [2.05, 4.69) is 20.6 Å². The van der Waals surface area contributed by atoms with Crippen molar-refractivity contribution in [2.75, 3.05) is 23.8 Å². The number of anilines is 2. The molecule has 0 amide bonds. The fraction of sp³-hybridized carbons (Fsp3) is 0.300. The van der Waals surface area contributed by atoms with Crippen molar-refractivity contribution < 1.29 is 4.74 Å². The van der Waals surface area contributed by atoms with Gasteiger partial charge in [-0.15, -0.1) is 0 Å². The van der Waals surface area contributed by atoms with Crippen molar-refractivity contribution in [1.82, 2.24) is 9.97 Å². The molecule has 3 aromatic rings. The molecule has 140 valence electrons. The Morgan fingerprint density at radius 1 is 1.07 bits per heavy atom. The fourth-order valence-electron chi connectivity index (χ4n) is 3.15. The molecule has 1 atom stereocenters. The molecule has 5 nitrogen and oxygen atoms in total. The van der Waals surface area contributed by atoms with Crippen LogP contribution >= 0.6 is 23.2 Å². The van der Waals surface area contributed by atoms with Crippen LogP contribution in [0.1, 0.15) is 18.4 Å². The summed E-state index contributed by atoms with van der Waals surface area (Å²) in [5.74, 6) is 1.36. The van der Waals surface area contributed by atoms with E-state index >= 15 is 0 Å². The highest BCUT2D eigenvalue weighted by atomic mass is 35.5. The van der Waals surface area contributed by atoms with E-state index in [1.165, 1.54) is 0 Å². The number of nitrogens with one attached hydrogen (secondary N) is 2. The molecule has 0 bridgehead atoms. The quantitative estimate of drug-likeness (QED) is 0.597. The molecule has 1 unspecified atom stereocenters. The normalized spacial score (nSPS) is 16.6. The van der Waals surface area contributed by atoms with Gasteiger partial charge in [0.15, 0.2) is 0 Å². The van der Waals surface area contributed by atoms with Crippen LogP contribution in [-0.2, 0) is 11.3 Å². The van der Waals surface area contributed by atoms with Gasteiger partial charge in [-0.25, -0.2) is 4.98 Å². The molecule has 1 saturated heterocycles. The highest BCUT2D eigenvalue weighted by molar-refractivity contribution is 6.35. The first-order chi connectivity index (χ1) is 13.2. The second-order valence-electron chi connectivity index (χ2n) is 6.52. The topological polar surface area (TPSA) is 59.1 Å². The third-order valence-electron chi connectivity index (χ3n) is 4.58. The van der Waals surface area contributed by atoms with Crippen LogP contribution < -0.4 is 10.6 Å². The van der Waals surface area contributed by atoms with Gasteiger partial charge in [0, 0.05) is 35.1 Å². The predicted molar refractivity (Wildman–Crippen MR) is 111 cm³/mol. The molecule has 0 radical (unpaired) electrons. The SMILES string of the molecule is Clc1ccc(CNc2nc(NCC3CCCO3)c3ccccc3n2)c(Cl)c1. The molecule has 1 aromatic heterocycles. The lowest BCUT2D eigenvalue weighted by Gasteiger charge is -2.14. The third kappa shape index (κ3) is 4.43. The number of para-hydroxylation sites is 1. The van der Waals surface area contributed by atoms with Gasteiger partial charge in [-0.2, -0.15) is 4.98 Å². The van der Waals surface area contributed by atoms with Gasteiger partial charge in [-0.1, -0.05) is 41.4 Å². The average molecular weight is 403 g/mol. The van der Waals surface area contributed by atoms with Crippen molar-refractivity contribution >= 4 is 45.9 Å². The summed E-state index contributed by atoms with van der Waals surface area (Å²) < 4.78 is 5.70. The summed E-state index contributed by atoms with van der Waals surface area (Å²) in [6.07, 6.45) is 2.44. The second-order valence-corrected chi connectivity index (χ2v) is 7.36. The van der Waals surface area contributed by atoms with E-state index in [-0.39, 0.29) is 6.10 Å². The Labute approximate surface area is 168 Å². The molecule has 0 spiro atoms. The summed E-state index contributed by atoms with van der Waals surface area (Å²) in [6, 6.07) is 13.4. The maximum Gasteiger partial charge on any atom is 0.225 e. The Morgan fingerprint density at radius 3 is 2.78 bits per heavy atom. The molecule has 2 N–H and O–H groups in total. The summed E-state index contributed by atoms with van der Waals surface area (Å²) in [6.45, 7) is 2.09. The molecule has 1 fully saturated rings. The first kappa shape index (κ1) is 18.3. The van der Waals surface area contributed by atoms with Crippen LogP contribution in [0.15, 0.2) is 42.5 Å². The Kier molecular flexibility index (Phi) is 5.62. The fourth-order valence-corrected chi connectivity index (χ4v) is 3.62. The largest absolute Gasteiger partial charge is 0.376 e. The number of benzene rings is 2. The van der Waals surface area contributed by atoms with Crippen LogP contribution in [0, 0.1) is 0 Å². The number of hydrogen-bond donors (Lipinski definition) is 2. The molecule has 0 saturated carbocycles. The van der Waals surface area contributed by atoms with Gasteiger partial charge >= 0.3 is 0 Å². The summed E-state index contributed by atoms with van der Waals surface area (Å²) >= 11 is 12.2. The first-order valence-electron chi connectivity index (χ1n) is 8.99. The Balaban J connectivity index is 1.54. The highest BCUT2D eigenvalue weighted by Gasteiger charge is 2.16.